The van der Waals surface area contributed by atoms with Gasteiger partial charge in [-0.2, -0.15) is 0 Å². The number of anilines is 3. The van der Waals surface area contributed by atoms with Crippen molar-refractivity contribution in [3.63, 3.8) is 0 Å². The van der Waals surface area contributed by atoms with Gasteiger partial charge < -0.3 is 15.0 Å². The molecule has 25 heavy (non-hydrogen) atoms. The third kappa shape index (κ3) is 3.95. The monoisotopic (exact) mass is 333 g/mol. The van der Waals surface area contributed by atoms with Crippen LogP contribution in [0.25, 0.3) is 0 Å². The molecule has 1 amide bonds. The maximum atomic E-state index is 12.3. The summed E-state index contributed by atoms with van der Waals surface area (Å²) >= 11 is 0. The molecule has 0 saturated carbocycles. The van der Waals surface area contributed by atoms with Crippen molar-refractivity contribution >= 4 is 23.0 Å². The number of rotatable bonds is 5. The van der Waals surface area contributed by atoms with E-state index in [1.165, 1.54) is 0 Å². The molecule has 0 atom stereocenters. The van der Waals surface area contributed by atoms with Gasteiger partial charge >= 0.3 is 0 Å². The Kier molecular flexibility index (Phi) is 4.95. The van der Waals surface area contributed by atoms with Crippen LogP contribution in [0.5, 0.6) is 5.75 Å². The smallest absolute Gasteiger partial charge is 0.274 e. The molecule has 5 nitrogen and oxygen atoms in total. The molecule has 1 N–H and O–H groups in total. The van der Waals surface area contributed by atoms with Crippen LogP contribution in [0.3, 0.4) is 0 Å². The molecule has 3 aromatic rings. The van der Waals surface area contributed by atoms with Crippen LogP contribution in [0.4, 0.5) is 17.1 Å². The number of para-hydroxylation sites is 1. The minimum atomic E-state index is -0.251. The quantitative estimate of drug-likeness (QED) is 0.763. The van der Waals surface area contributed by atoms with Gasteiger partial charge in [0.25, 0.3) is 5.91 Å². The molecule has 0 unspecified atom stereocenters. The lowest BCUT2D eigenvalue weighted by Gasteiger charge is -2.19. The van der Waals surface area contributed by atoms with Crippen LogP contribution in [0, 0.1) is 0 Å². The van der Waals surface area contributed by atoms with Crippen molar-refractivity contribution in [2.24, 2.45) is 0 Å². The van der Waals surface area contributed by atoms with Crippen molar-refractivity contribution in [3.8, 4) is 5.75 Å². The number of nitrogens with zero attached hydrogens (tertiary/aromatic N) is 2. The number of methoxy groups -OCH3 is 1. The number of carbonyl (C=O) groups excluding carboxylic acids is 1. The van der Waals surface area contributed by atoms with E-state index in [-0.39, 0.29) is 5.91 Å². The topological polar surface area (TPSA) is 54.5 Å². The number of aromatic nitrogens is 1. The number of amides is 1. The van der Waals surface area contributed by atoms with Gasteiger partial charge in [0.1, 0.15) is 11.4 Å². The fourth-order valence-electron chi connectivity index (χ4n) is 2.39. The van der Waals surface area contributed by atoms with E-state index in [9.17, 15) is 4.79 Å². The minimum absolute atomic E-state index is 0.251. The van der Waals surface area contributed by atoms with E-state index < -0.39 is 0 Å². The lowest BCUT2D eigenvalue weighted by molar-refractivity contribution is 0.102. The summed E-state index contributed by atoms with van der Waals surface area (Å²) in [5.74, 6) is 0.489. The van der Waals surface area contributed by atoms with E-state index in [2.05, 4.69) is 10.3 Å². The second kappa shape index (κ2) is 7.49. The van der Waals surface area contributed by atoms with Crippen LogP contribution >= 0.6 is 0 Å². The molecule has 0 aliphatic carbocycles. The van der Waals surface area contributed by atoms with Crippen molar-refractivity contribution in [1.29, 1.82) is 0 Å². The Balaban J connectivity index is 1.69. The number of ether oxygens (including phenoxy) is 1. The summed E-state index contributed by atoms with van der Waals surface area (Å²) < 4.78 is 5.10. The largest absolute Gasteiger partial charge is 0.497 e. The van der Waals surface area contributed by atoms with Crippen LogP contribution in [0.2, 0.25) is 0 Å². The van der Waals surface area contributed by atoms with E-state index in [1.54, 1.807) is 43.6 Å². The highest BCUT2D eigenvalue weighted by Gasteiger charge is 2.10. The highest BCUT2D eigenvalue weighted by molar-refractivity contribution is 6.03. The van der Waals surface area contributed by atoms with Gasteiger partial charge in [0.05, 0.1) is 19.0 Å². The number of carbonyl (C=O) groups is 1. The molecule has 126 valence electrons. The summed E-state index contributed by atoms with van der Waals surface area (Å²) in [6.45, 7) is 0. The zero-order valence-electron chi connectivity index (χ0n) is 14.1. The Morgan fingerprint density at radius 3 is 2.28 bits per heavy atom. The Morgan fingerprint density at radius 1 is 0.960 bits per heavy atom. The lowest BCUT2D eigenvalue weighted by atomic mass is 10.2. The summed E-state index contributed by atoms with van der Waals surface area (Å²) in [5.41, 5.74) is 3.02. The third-order valence-corrected chi connectivity index (χ3v) is 3.86. The Morgan fingerprint density at radius 2 is 1.68 bits per heavy atom. The van der Waals surface area contributed by atoms with Crippen molar-refractivity contribution in [1.82, 2.24) is 4.98 Å². The van der Waals surface area contributed by atoms with Crippen molar-refractivity contribution in [3.05, 3.63) is 78.6 Å². The van der Waals surface area contributed by atoms with Gasteiger partial charge in [-0.3, -0.25) is 4.79 Å². The molecule has 2 aromatic carbocycles. The first-order valence-electron chi connectivity index (χ1n) is 7.87. The third-order valence-electron chi connectivity index (χ3n) is 3.86. The maximum absolute atomic E-state index is 12.3. The van der Waals surface area contributed by atoms with Crippen molar-refractivity contribution in [2.75, 3.05) is 24.4 Å². The number of hydrogen-bond donors (Lipinski definition) is 1. The molecule has 0 saturated heterocycles. The van der Waals surface area contributed by atoms with Crippen molar-refractivity contribution in [2.45, 2.75) is 0 Å². The Hall–Kier alpha value is -3.34. The van der Waals surface area contributed by atoms with Crippen LogP contribution in [0.1, 0.15) is 10.5 Å². The fourth-order valence-corrected chi connectivity index (χ4v) is 2.39. The highest BCUT2D eigenvalue weighted by Crippen LogP contribution is 2.22. The molecule has 0 aliphatic rings. The van der Waals surface area contributed by atoms with Crippen LogP contribution in [0.15, 0.2) is 72.9 Å². The van der Waals surface area contributed by atoms with Gasteiger partial charge in [-0.1, -0.05) is 18.2 Å². The summed E-state index contributed by atoms with van der Waals surface area (Å²) in [4.78, 5) is 18.6. The highest BCUT2D eigenvalue weighted by atomic mass is 16.5. The normalized spacial score (nSPS) is 10.2. The van der Waals surface area contributed by atoms with Gasteiger partial charge in [0, 0.05) is 18.4 Å². The number of benzene rings is 2. The fraction of sp³-hybridized carbons (Fsp3) is 0.100. The second-order valence-corrected chi connectivity index (χ2v) is 5.48. The first-order valence-corrected chi connectivity index (χ1v) is 7.87. The van der Waals surface area contributed by atoms with Gasteiger partial charge in [-0.25, -0.2) is 4.98 Å². The summed E-state index contributed by atoms with van der Waals surface area (Å²) in [7, 11) is 3.56. The molecule has 0 radical (unpaired) electrons. The average molecular weight is 333 g/mol. The summed E-state index contributed by atoms with van der Waals surface area (Å²) in [6, 6.07) is 20.7. The van der Waals surface area contributed by atoms with Crippen LogP contribution < -0.4 is 15.0 Å². The Bertz CT molecular complexity index is 831. The number of pyridine rings is 1. The van der Waals surface area contributed by atoms with Crippen LogP contribution in [-0.4, -0.2) is 25.0 Å². The lowest BCUT2D eigenvalue weighted by Crippen LogP contribution is -2.15. The van der Waals surface area contributed by atoms with Gasteiger partial charge in [0.15, 0.2) is 0 Å². The molecule has 5 heteroatoms. The van der Waals surface area contributed by atoms with Gasteiger partial charge in [-0.15, -0.1) is 0 Å². The van der Waals surface area contributed by atoms with E-state index in [0.717, 1.165) is 17.1 Å². The first kappa shape index (κ1) is 16.5. The minimum Gasteiger partial charge on any atom is -0.497 e. The summed E-state index contributed by atoms with van der Waals surface area (Å²) in [6.07, 6.45) is 1.69. The molecule has 0 spiro atoms. The van der Waals surface area contributed by atoms with E-state index >= 15 is 0 Å². The zero-order valence-corrected chi connectivity index (χ0v) is 14.1. The van der Waals surface area contributed by atoms with Crippen molar-refractivity contribution < 1.29 is 9.53 Å². The van der Waals surface area contributed by atoms with Crippen LogP contribution in [-0.2, 0) is 0 Å². The average Bonchev–Trinajstić information content (AvgIpc) is 2.69. The van der Waals surface area contributed by atoms with E-state index in [1.807, 2.05) is 48.3 Å². The zero-order chi connectivity index (χ0) is 17.6. The van der Waals surface area contributed by atoms with Gasteiger partial charge in [-0.05, 0) is 48.5 Å². The molecule has 3 rings (SSSR count). The number of nitrogens with one attached hydrogen (secondary N) is 1. The predicted molar refractivity (Wildman–Crippen MR) is 99.7 cm³/mol. The molecule has 0 bridgehead atoms. The maximum Gasteiger partial charge on any atom is 0.274 e. The first-order chi connectivity index (χ1) is 12.2. The molecular formula is C20H19N3O2. The standard InChI is InChI=1S/C20H19N3O2/c1-23(16-6-4-3-5-7-16)17-10-13-19(21-14-17)20(24)22-15-8-11-18(25-2)12-9-15/h3-14H,1-2H3,(H,22,24). The summed E-state index contributed by atoms with van der Waals surface area (Å²) in [5, 5.41) is 2.82. The van der Waals surface area contributed by atoms with E-state index in [0.29, 0.717) is 11.4 Å². The molecule has 0 fully saturated rings. The van der Waals surface area contributed by atoms with E-state index in [4.69, 9.17) is 4.74 Å². The molecule has 1 aromatic heterocycles. The predicted octanol–water partition coefficient (Wildman–Crippen LogP) is 4.11. The SMILES string of the molecule is COc1ccc(NC(=O)c2ccc(N(C)c3ccccc3)cn2)cc1. The molecule has 0 aliphatic heterocycles. The molecular weight excluding hydrogens is 314 g/mol. The Labute approximate surface area is 146 Å². The molecule has 1 heterocycles. The van der Waals surface area contributed by atoms with Gasteiger partial charge in [0.2, 0.25) is 0 Å². The second-order valence-electron chi connectivity index (χ2n) is 5.48. The number of hydrogen-bond acceptors (Lipinski definition) is 4.